The first-order chi connectivity index (χ1) is 12.0. The Bertz CT molecular complexity index is 835. The molecule has 0 aliphatic carbocycles. The Labute approximate surface area is 145 Å². The summed E-state index contributed by atoms with van der Waals surface area (Å²) in [5.41, 5.74) is 2.13. The average Bonchev–Trinajstić information content (AvgIpc) is 2.59. The summed E-state index contributed by atoms with van der Waals surface area (Å²) in [5, 5.41) is 9.60. The van der Waals surface area contributed by atoms with Crippen LogP contribution in [-0.4, -0.2) is 33.6 Å². The number of nitrogens with one attached hydrogen (secondary N) is 1. The van der Waals surface area contributed by atoms with Crippen molar-refractivity contribution in [2.75, 3.05) is 13.7 Å². The third-order valence-electron chi connectivity index (χ3n) is 4.40. The molecule has 0 radical (unpaired) electrons. The molecule has 0 saturated carbocycles. The standard InChI is InChI=1S/C18H22FN3O3/c1-3-4-16-20-14-5-6-22(10-12(14)18(24)21-16)9-11-7-13(19)17(23)15(8-11)25-2/h7-8,23H,3-6,9-10H2,1-2H3,(H,20,21,24). The normalized spacial score (nSPS) is 14.4. The van der Waals surface area contributed by atoms with Crippen LogP contribution in [0.4, 0.5) is 4.39 Å². The van der Waals surface area contributed by atoms with Gasteiger partial charge in [0.2, 0.25) is 0 Å². The highest BCUT2D eigenvalue weighted by Gasteiger charge is 2.22. The predicted octanol–water partition coefficient (Wildman–Crippen LogP) is 2.13. The molecule has 7 heteroatoms. The molecule has 3 rings (SSSR count). The van der Waals surface area contributed by atoms with Crippen LogP contribution >= 0.6 is 0 Å². The second-order valence-corrected chi connectivity index (χ2v) is 6.28. The third-order valence-corrected chi connectivity index (χ3v) is 4.40. The average molecular weight is 347 g/mol. The molecule has 2 aromatic rings. The van der Waals surface area contributed by atoms with Crippen LogP contribution in [0.2, 0.25) is 0 Å². The van der Waals surface area contributed by atoms with E-state index >= 15 is 0 Å². The van der Waals surface area contributed by atoms with Crippen LogP contribution in [0.3, 0.4) is 0 Å². The van der Waals surface area contributed by atoms with E-state index in [4.69, 9.17) is 4.74 Å². The molecule has 2 heterocycles. The second-order valence-electron chi connectivity index (χ2n) is 6.28. The quantitative estimate of drug-likeness (QED) is 0.866. The maximum absolute atomic E-state index is 13.8. The number of nitrogens with zero attached hydrogens (tertiary/aromatic N) is 2. The van der Waals surface area contributed by atoms with E-state index in [0.29, 0.717) is 30.6 Å². The fraction of sp³-hybridized carbons (Fsp3) is 0.444. The van der Waals surface area contributed by atoms with Gasteiger partial charge in [0.1, 0.15) is 5.82 Å². The number of aromatic nitrogens is 2. The summed E-state index contributed by atoms with van der Waals surface area (Å²) in [7, 11) is 1.38. The molecule has 2 N–H and O–H groups in total. The van der Waals surface area contributed by atoms with Gasteiger partial charge in [0.15, 0.2) is 17.3 Å². The van der Waals surface area contributed by atoms with Crippen LogP contribution in [0.25, 0.3) is 0 Å². The highest BCUT2D eigenvalue weighted by molar-refractivity contribution is 5.43. The summed E-state index contributed by atoms with van der Waals surface area (Å²) in [4.78, 5) is 21.8. The molecule has 0 saturated heterocycles. The first-order valence-electron chi connectivity index (χ1n) is 8.40. The number of rotatable bonds is 5. The molecule has 1 aromatic carbocycles. The summed E-state index contributed by atoms with van der Waals surface area (Å²) < 4.78 is 18.8. The molecule has 25 heavy (non-hydrogen) atoms. The molecule has 1 aliphatic heterocycles. The lowest BCUT2D eigenvalue weighted by Crippen LogP contribution is -2.35. The van der Waals surface area contributed by atoms with E-state index in [2.05, 4.69) is 14.9 Å². The largest absolute Gasteiger partial charge is 0.502 e. The highest BCUT2D eigenvalue weighted by atomic mass is 19.1. The topological polar surface area (TPSA) is 78.5 Å². The van der Waals surface area contributed by atoms with E-state index in [1.165, 1.54) is 13.2 Å². The molecule has 0 unspecified atom stereocenters. The van der Waals surface area contributed by atoms with Gasteiger partial charge in [0.05, 0.1) is 18.4 Å². The zero-order chi connectivity index (χ0) is 18.0. The molecular formula is C18H22FN3O3. The molecule has 134 valence electrons. The summed E-state index contributed by atoms with van der Waals surface area (Å²) in [6.45, 7) is 3.71. The van der Waals surface area contributed by atoms with Gasteiger partial charge in [-0.2, -0.15) is 0 Å². The van der Waals surface area contributed by atoms with Crippen molar-refractivity contribution in [1.29, 1.82) is 0 Å². The Balaban J connectivity index is 1.80. The predicted molar refractivity (Wildman–Crippen MR) is 91.3 cm³/mol. The summed E-state index contributed by atoms with van der Waals surface area (Å²) in [5.74, 6) is -0.351. The molecule has 0 bridgehead atoms. The number of aromatic amines is 1. The van der Waals surface area contributed by atoms with Crippen LogP contribution in [0.5, 0.6) is 11.5 Å². The van der Waals surface area contributed by atoms with Gasteiger partial charge in [0.25, 0.3) is 5.56 Å². The minimum Gasteiger partial charge on any atom is -0.502 e. The summed E-state index contributed by atoms with van der Waals surface area (Å²) in [6, 6.07) is 2.90. The number of ether oxygens (including phenoxy) is 1. The molecule has 0 atom stereocenters. The van der Waals surface area contributed by atoms with Crippen molar-refractivity contribution in [3.63, 3.8) is 0 Å². The monoisotopic (exact) mass is 347 g/mol. The molecule has 0 spiro atoms. The van der Waals surface area contributed by atoms with E-state index < -0.39 is 11.6 Å². The number of fused-ring (bicyclic) bond motifs is 1. The third kappa shape index (κ3) is 3.66. The van der Waals surface area contributed by atoms with E-state index in [-0.39, 0.29) is 11.3 Å². The minimum atomic E-state index is -0.713. The number of methoxy groups -OCH3 is 1. The Hall–Kier alpha value is -2.41. The lowest BCUT2D eigenvalue weighted by atomic mass is 10.1. The van der Waals surface area contributed by atoms with E-state index in [9.17, 15) is 14.3 Å². The fourth-order valence-corrected chi connectivity index (χ4v) is 3.15. The number of H-pyrrole nitrogens is 1. The highest BCUT2D eigenvalue weighted by Crippen LogP contribution is 2.31. The summed E-state index contributed by atoms with van der Waals surface area (Å²) in [6.07, 6.45) is 2.38. The van der Waals surface area contributed by atoms with Crippen molar-refractivity contribution < 1.29 is 14.2 Å². The maximum Gasteiger partial charge on any atom is 0.255 e. The maximum atomic E-state index is 13.8. The Kier molecular flexibility index (Phi) is 5.03. The van der Waals surface area contributed by atoms with Gasteiger partial charge in [-0.15, -0.1) is 0 Å². The number of hydrogen-bond acceptors (Lipinski definition) is 5. The number of phenols is 1. The zero-order valence-corrected chi connectivity index (χ0v) is 14.4. The zero-order valence-electron chi connectivity index (χ0n) is 14.4. The number of halogens is 1. The number of aromatic hydroxyl groups is 1. The lowest BCUT2D eigenvalue weighted by molar-refractivity contribution is 0.240. The first kappa shape index (κ1) is 17.4. The van der Waals surface area contributed by atoms with Crippen molar-refractivity contribution >= 4 is 0 Å². The van der Waals surface area contributed by atoms with Crippen LogP contribution in [0, 0.1) is 5.82 Å². The first-order valence-corrected chi connectivity index (χ1v) is 8.40. The van der Waals surface area contributed by atoms with Crippen molar-refractivity contribution in [3.05, 3.63) is 50.9 Å². The van der Waals surface area contributed by atoms with Gasteiger partial charge in [-0.25, -0.2) is 9.37 Å². The van der Waals surface area contributed by atoms with Crippen molar-refractivity contribution in [2.24, 2.45) is 0 Å². The number of hydrogen-bond donors (Lipinski definition) is 2. The van der Waals surface area contributed by atoms with E-state index in [0.717, 1.165) is 30.9 Å². The van der Waals surface area contributed by atoms with Crippen molar-refractivity contribution in [2.45, 2.75) is 39.3 Å². The Morgan fingerprint density at radius 2 is 2.24 bits per heavy atom. The Morgan fingerprint density at radius 1 is 1.44 bits per heavy atom. The van der Waals surface area contributed by atoms with Crippen LogP contribution in [0.15, 0.2) is 16.9 Å². The molecule has 0 amide bonds. The van der Waals surface area contributed by atoms with Crippen molar-refractivity contribution in [1.82, 2.24) is 14.9 Å². The molecule has 6 nitrogen and oxygen atoms in total. The van der Waals surface area contributed by atoms with Crippen LogP contribution in [-0.2, 0) is 25.9 Å². The van der Waals surface area contributed by atoms with Gasteiger partial charge in [-0.05, 0) is 24.1 Å². The van der Waals surface area contributed by atoms with Gasteiger partial charge >= 0.3 is 0 Å². The number of aryl methyl sites for hydroxylation is 1. The molecule has 0 fully saturated rings. The Morgan fingerprint density at radius 3 is 2.96 bits per heavy atom. The van der Waals surface area contributed by atoms with E-state index in [1.54, 1.807) is 6.07 Å². The fourth-order valence-electron chi connectivity index (χ4n) is 3.15. The van der Waals surface area contributed by atoms with Gasteiger partial charge in [-0.3, -0.25) is 9.69 Å². The minimum absolute atomic E-state index is 0.0902. The molecule has 1 aliphatic rings. The van der Waals surface area contributed by atoms with Crippen LogP contribution in [0.1, 0.15) is 36.0 Å². The molecule has 1 aromatic heterocycles. The second kappa shape index (κ2) is 7.23. The number of phenolic OH excluding ortho intramolecular Hbond substituents is 1. The van der Waals surface area contributed by atoms with Gasteiger partial charge in [-0.1, -0.05) is 6.92 Å². The SMILES string of the molecule is CCCc1nc2c(c(=O)[nH]1)CN(Cc1cc(F)c(O)c(OC)c1)CC2. The summed E-state index contributed by atoms with van der Waals surface area (Å²) >= 11 is 0. The van der Waals surface area contributed by atoms with Gasteiger partial charge in [0, 0.05) is 32.5 Å². The van der Waals surface area contributed by atoms with Gasteiger partial charge < -0.3 is 14.8 Å². The number of benzene rings is 1. The van der Waals surface area contributed by atoms with Crippen LogP contribution < -0.4 is 10.3 Å². The van der Waals surface area contributed by atoms with E-state index in [1.807, 2.05) is 6.92 Å². The van der Waals surface area contributed by atoms with Crippen molar-refractivity contribution in [3.8, 4) is 11.5 Å². The lowest BCUT2D eigenvalue weighted by Gasteiger charge is -2.28. The smallest absolute Gasteiger partial charge is 0.255 e. The molecular weight excluding hydrogens is 325 g/mol.